The van der Waals surface area contributed by atoms with Crippen LogP contribution in [0.15, 0.2) is 12.4 Å². The molecule has 5 heteroatoms. The van der Waals surface area contributed by atoms with Gasteiger partial charge in [-0.05, 0) is 18.3 Å². The summed E-state index contributed by atoms with van der Waals surface area (Å²) < 4.78 is 16.2. The molecule has 1 aliphatic carbocycles. The first kappa shape index (κ1) is 24.8. The van der Waals surface area contributed by atoms with Crippen LogP contribution in [0, 0.1) is 11.8 Å². The Bertz CT molecular complexity index is 433. The van der Waals surface area contributed by atoms with Gasteiger partial charge < -0.3 is 14.2 Å². The van der Waals surface area contributed by atoms with E-state index in [2.05, 4.69) is 23.8 Å². The van der Waals surface area contributed by atoms with Crippen LogP contribution in [0.3, 0.4) is 0 Å². The fourth-order valence-electron chi connectivity index (χ4n) is 2.94. The van der Waals surface area contributed by atoms with Gasteiger partial charge in [0.1, 0.15) is 11.9 Å². The molecule has 2 unspecified atom stereocenters. The standard InChI is InChI=1S/C17H28N2O3.2C2H6/c1-12(5-13(2)11-20-3)6-17-18-9-16(10-19-17)22-15-7-14(8-15)21-4;2*1-2/h9-10,12-15H,5-8,11H2,1-4H3;2*1-2H3. The zero-order valence-electron chi connectivity index (χ0n) is 18.1. The molecule has 1 aromatic rings. The second-order valence-corrected chi connectivity index (χ2v) is 6.51. The molecule has 5 nitrogen and oxygen atoms in total. The summed E-state index contributed by atoms with van der Waals surface area (Å²) in [6, 6.07) is 0. The van der Waals surface area contributed by atoms with Gasteiger partial charge in [-0.1, -0.05) is 41.5 Å². The van der Waals surface area contributed by atoms with Crippen molar-refractivity contribution in [3.8, 4) is 5.75 Å². The summed E-state index contributed by atoms with van der Waals surface area (Å²) in [6.45, 7) is 13.3. The molecule has 26 heavy (non-hydrogen) atoms. The molecule has 0 bridgehead atoms. The summed E-state index contributed by atoms with van der Waals surface area (Å²) in [5, 5.41) is 0. The highest BCUT2D eigenvalue weighted by molar-refractivity contribution is 5.13. The molecule has 0 amide bonds. The Balaban J connectivity index is 0.00000146. The normalized spacial score (nSPS) is 20.5. The summed E-state index contributed by atoms with van der Waals surface area (Å²) in [5.74, 6) is 2.75. The van der Waals surface area contributed by atoms with Crippen molar-refractivity contribution in [2.75, 3.05) is 20.8 Å². The van der Waals surface area contributed by atoms with Crippen LogP contribution < -0.4 is 4.74 Å². The topological polar surface area (TPSA) is 53.5 Å². The SMILES string of the molecule is CC.CC.COCC(C)CC(C)Cc1ncc(OC2CC(OC)C2)cn1. The molecule has 0 aromatic carbocycles. The lowest BCUT2D eigenvalue weighted by molar-refractivity contribution is -0.0383. The molecule has 1 saturated carbocycles. The third-order valence-electron chi connectivity index (χ3n) is 4.16. The predicted octanol–water partition coefficient (Wildman–Crippen LogP) is 4.94. The van der Waals surface area contributed by atoms with E-state index in [1.54, 1.807) is 26.6 Å². The van der Waals surface area contributed by atoms with Crippen molar-refractivity contribution in [3.05, 3.63) is 18.2 Å². The van der Waals surface area contributed by atoms with Crippen LogP contribution in [0.5, 0.6) is 5.75 Å². The van der Waals surface area contributed by atoms with E-state index in [0.29, 0.717) is 17.9 Å². The zero-order chi connectivity index (χ0) is 19.9. The number of hydrogen-bond acceptors (Lipinski definition) is 5. The van der Waals surface area contributed by atoms with Crippen LogP contribution in [0.4, 0.5) is 0 Å². The summed E-state index contributed by atoms with van der Waals surface area (Å²) in [7, 11) is 3.49. The van der Waals surface area contributed by atoms with Gasteiger partial charge in [0.05, 0.1) is 18.5 Å². The molecular formula is C21H40N2O3. The van der Waals surface area contributed by atoms with E-state index >= 15 is 0 Å². The van der Waals surface area contributed by atoms with Gasteiger partial charge in [-0.25, -0.2) is 9.97 Å². The first-order valence-electron chi connectivity index (χ1n) is 10.1. The largest absolute Gasteiger partial charge is 0.487 e. The average molecular weight is 369 g/mol. The van der Waals surface area contributed by atoms with Gasteiger partial charge in [0.15, 0.2) is 5.75 Å². The van der Waals surface area contributed by atoms with Crippen molar-refractivity contribution in [1.29, 1.82) is 0 Å². The highest BCUT2D eigenvalue weighted by Crippen LogP contribution is 2.27. The molecular weight excluding hydrogens is 328 g/mol. The van der Waals surface area contributed by atoms with E-state index in [1.807, 2.05) is 27.7 Å². The van der Waals surface area contributed by atoms with Gasteiger partial charge in [0.25, 0.3) is 0 Å². The Morgan fingerprint density at radius 1 is 0.962 bits per heavy atom. The molecule has 1 aromatic heterocycles. The highest BCUT2D eigenvalue weighted by atomic mass is 16.5. The fourth-order valence-corrected chi connectivity index (χ4v) is 2.94. The van der Waals surface area contributed by atoms with Crippen LogP contribution >= 0.6 is 0 Å². The number of methoxy groups -OCH3 is 2. The van der Waals surface area contributed by atoms with Gasteiger partial charge >= 0.3 is 0 Å². The lowest BCUT2D eigenvalue weighted by Crippen LogP contribution is -2.38. The van der Waals surface area contributed by atoms with Crippen molar-refractivity contribution < 1.29 is 14.2 Å². The summed E-state index contributed by atoms with van der Waals surface area (Å²) >= 11 is 0. The molecule has 0 radical (unpaired) electrons. The minimum atomic E-state index is 0.244. The average Bonchev–Trinajstić information content (AvgIpc) is 2.62. The molecule has 2 rings (SSSR count). The smallest absolute Gasteiger partial charge is 0.156 e. The maximum atomic E-state index is 5.82. The van der Waals surface area contributed by atoms with Gasteiger partial charge in [0.2, 0.25) is 0 Å². The second kappa shape index (κ2) is 14.9. The van der Waals surface area contributed by atoms with Crippen molar-refractivity contribution in [2.24, 2.45) is 11.8 Å². The Morgan fingerprint density at radius 3 is 2.04 bits per heavy atom. The minimum Gasteiger partial charge on any atom is -0.487 e. The molecule has 1 aliphatic rings. The van der Waals surface area contributed by atoms with Gasteiger partial charge in [-0.15, -0.1) is 0 Å². The fraction of sp³-hybridized carbons (Fsp3) is 0.810. The van der Waals surface area contributed by atoms with E-state index < -0.39 is 0 Å². The monoisotopic (exact) mass is 368 g/mol. The molecule has 1 heterocycles. The van der Waals surface area contributed by atoms with E-state index in [4.69, 9.17) is 14.2 Å². The third-order valence-corrected chi connectivity index (χ3v) is 4.16. The Labute approximate surface area is 160 Å². The molecule has 0 saturated heterocycles. The first-order chi connectivity index (χ1) is 12.6. The second-order valence-electron chi connectivity index (χ2n) is 6.51. The van der Waals surface area contributed by atoms with Crippen LogP contribution in [-0.2, 0) is 15.9 Å². The summed E-state index contributed by atoms with van der Waals surface area (Å²) in [4.78, 5) is 8.85. The molecule has 1 fully saturated rings. The quantitative estimate of drug-likeness (QED) is 0.618. The van der Waals surface area contributed by atoms with Gasteiger partial charge in [0, 0.05) is 40.1 Å². The number of aromatic nitrogens is 2. The van der Waals surface area contributed by atoms with Crippen LogP contribution in [0.2, 0.25) is 0 Å². The minimum absolute atomic E-state index is 0.244. The summed E-state index contributed by atoms with van der Waals surface area (Å²) in [6.07, 6.45) is 8.08. The number of nitrogens with zero attached hydrogens (tertiary/aromatic N) is 2. The van der Waals surface area contributed by atoms with Crippen LogP contribution in [0.25, 0.3) is 0 Å². The van der Waals surface area contributed by atoms with Gasteiger partial charge in [-0.3, -0.25) is 0 Å². The first-order valence-corrected chi connectivity index (χ1v) is 10.1. The lowest BCUT2D eigenvalue weighted by Gasteiger charge is -2.33. The third kappa shape index (κ3) is 9.48. The number of ether oxygens (including phenoxy) is 3. The highest BCUT2D eigenvalue weighted by Gasteiger charge is 2.30. The Morgan fingerprint density at radius 2 is 1.54 bits per heavy atom. The van der Waals surface area contributed by atoms with Crippen molar-refractivity contribution in [1.82, 2.24) is 9.97 Å². The molecule has 152 valence electrons. The van der Waals surface area contributed by atoms with Crippen LogP contribution in [0.1, 0.15) is 66.6 Å². The Hall–Kier alpha value is -1.20. The molecule has 0 N–H and O–H groups in total. The van der Waals surface area contributed by atoms with Crippen molar-refractivity contribution in [3.63, 3.8) is 0 Å². The van der Waals surface area contributed by atoms with Crippen molar-refractivity contribution in [2.45, 2.75) is 79.4 Å². The molecule has 0 spiro atoms. The van der Waals surface area contributed by atoms with E-state index in [-0.39, 0.29) is 6.10 Å². The molecule has 0 aliphatic heterocycles. The van der Waals surface area contributed by atoms with E-state index in [0.717, 1.165) is 43.9 Å². The van der Waals surface area contributed by atoms with Gasteiger partial charge in [-0.2, -0.15) is 0 Å². The summed E-state index contributed by atoms with van der Waals surface area (Å²) in [5.41, 5.74) is 0. The molecule has 2 atom stereocenters. The number of hydrogen-bond donors (Lipinski definition) is 0. The maximum Gasteiger partial charge on any atom is 0.156 e. The predicted molar refractivity (Wildman–Crippen MR) is 108 cm³/mol. The van der Waals surface area contributed by atoms with E-state index in [9.17, 15) is 0 Å². The van der Waals surface area contributed by atoms with Crippen molar-refractivity contribution >= 4 is 0 Å². The Kier molecular flexibility index (Phi) is 14.2. The maximum absolute atomic E-state index is 5.82. The lowest BCUT2D eigenvalue weighted by atomic mass is 9.92. The number of rotatable bonds is 9. The zero-order valence-corrected chi connectivity index (χ0v) is 18.1. The van der Waals surface area contributed by atoms with E-state index in [1.165, 1.54) is 0 Å². The van der Waals surface area contributed by atoms with Crippen LogP contribution in [-0.4, -0.2) is 43.0 Å².